The van der Waals surface area contributed by atoms with E-state index in [1.54, 1.807) is 0 Å². The van der Waals surface area contributed by atoms with Crippen LogP contribution in [0.5, 0.6) is 0 Å². The van der Waals surface area contributed by atoms with Crippen molar-refractivity contribution in [2.24, 2.45) is 11.1 Å². The number of nitrogens with two attached hydrogens (primary N) is 1. The molecule has 4 rings (SSSR count). The molecule has 1 aliphatic rings. The van der Waals surface area contributed by atoms with Crippen LogP contribution in [-0.2, 0) is 22.4 Å². The molecule has 1 aromatic heterocycles. The minimum absolute atomic E-state index is 0.0152. The van der Waals surface area contributed by atoms with Gasteiger partial charge in [0, 0.05) is 24.3 Å². The maximum Gasteiger partial charge on any atom is 0.227 e. The molecule has 1 saturated heterocycles. The second-order valence-electron chi connectivity index (χ2n) is 9.40. The number of H-pyrrole nitrogens is 1. The second-order valence-corrected chi connectivity index (χ2v) is 9.40. The standard InChI is InChI=1S/C27H32N4O2/c1-18-7-4-9-22(13-18)23-10-5-8-21(14-23)16-27(26(28)33)11-6-12-31(17-27)25(32)15-24-19(2)29-30-20(24)3/h4-5,7-10,13-14H,6,11-12,15-17H2,1-3H3,(H2,28,33)(H,29,30)/t27-/m0/s1. The molecular weight excluding hydrogens is 412 g/mol. The molecule has 1 fully saturated rings. The van der Waals surface area contributed by atoms with Crippen molar-refractivity contribution in [1.29, 1.82) is 0 Å². The van der Waals surface area contributed by atoms with Gasteiger partial charge in [0.2, 0.25) is 11.8 Å². The van der Waals surface area contributed by atoms with Gasteiger partial charge >= 0.3 is 0 Å². The highest BCUT2D eigenvalue weighted by Gasteiger charge is 2.42. The number of hydrogen-bond donors (Lipinski definition) is 2. The molecule has 0 spiro atoms. The first-order valence-corrected chi connectivity index (χ1v) is 11.5. The smallest absolute Gasteiger partial charge is 0.227 e. The van der Waals surface area contributed by atoms with E-state index in [0.717, 1.165) is 40.1 Å². The van der Waals surface area contributed by atoms with Gasteiger partial charge in [0.1, 0.15) is 0 Å². The highest BCUT2D eigenvalue weighted by atomic mass is 16.2. The predicted molar refractivity (Wildman–Crippen MR) is 130 cm³/mol. The third-order valence-corrected chi connectivity index (χ3v) is 6.88. The summed E-state index contributed by atoms with van der Waals surface area (Å²) in [5.41, 5.74) is 12.4. The van der Waals surface area contributed by atoms with Crippen molar-refractivity contribution in [2.75, 3.05) is 13.1 Å². The fourth-order valence-electron chi connectivity index (χ4n) is 4.95. The van der Waals surface area contributed by atoms with Crippen LogP contribution in [0.4, 0.5) is 0 Å². The lowest BCUT2D eigenvalue weighted by molar-refractivity contribution is -0.139. The summed E-state index contributed by atoms with van der Waals surface area (Å²) >= 11 is 0. The lowest BCUT2D eigenvalue weighted by Crippen LogP contribution is -2.53. The molecule has 0 aliphatic carbocycles. The number of piperidine rings is 1. The van der Waals surface area contributed by atoms with Gasteiger partial charge in [-0.05, 0) is 56.7 Å². The van der Waals surface area contributed by atoms with Crippen LogP contribution in [0.2, 0.25) is 0 Å². The molecule has 2 amide bonds. The number of benzene rings is 2. The number of aryl methyl sites for hydroxylation is 3. The summed E-state index contributed by atoms with van der Waals surface area (Å²) in [5.74, 6) is -0.321. The van der Waals surface area contributed by atoms with Crippen molar-refractivity contribution in [3.63, 3.8) is 0 Å². The molecule has 3 aromatic rings. The number of nitrogens with one attached hydrogen (secondary N) is 1. The molecule has 3 N–H and O–H groups in total. The number of nitrogens with zero attached hydrogens (tertiary/aromatic N) is 2. The zero-order valence-electron chi connectivity index (χ0n) is 19.6. The third-order valence-electron chi connectivity index (χ3n) is 6.88. The molecular formula is C27H32N4O2. The van der Waals surface area contributed by atoms with E-state index in [1.165, 1.54) is 5.56 Å². The van der Waals surface area contributed by atoms with E-state index in [1.807, 2.05) is 30.9 Å². The minimum atomic E-state index is -0.764. The van der Waals surface area contributed by atoms with Gasteiger partial charge in [-0.1, -0.05) is 54.1 Å². The van der Waals surface area contributed by atoms with E-state index in [-0.39, 0.29) is 18.2 Å². The Morgan fingerprint density at radius 1 is 1.09 bits per heavy atom. The van der Waals surface area contributed by atoms with Gasteiger partial charge in [0.15, 0.2) is 0 Å². The topological polar surface area (TPSA) is 92.1 Å². The predicted octanol–water partition coefficient (Wildman–Crippen LogP) is 3.88. The zero-order valence-corrected chi connectivity index (χ0v) is 19.6. The van der Waals surface area contributed by atoms with Crippen molar-refractivity contribution in [3.8, 4) is 11.1 Å². The van der Waals surface area contributed by atoms with Crippen molar-refractivity contribution in [3.05, 3.63) is 76.6 Å². The first-order chi connectivity index (χ1) is 15.8. The molecule has 0 unspecified atom stereocenters. The fourth-order valence-corrected chi connectivity index (χ4v) is 4.95. The molecule has 0 radical (unpaired) electrons. The van der Waals surface area contributed by atoms with E-state index in [0.29, 0.717) is 25.9 Å². The Balaban J connectivity index is 1.55. The number of aromatic amines is 1. The molecule has 6 nitrogen and oxygen atoms in total. The number of carbonyl (C=O) groups is 2. The largest absolute Gasteiger partial charge is 0.369 e. The molecule has 0 bridgehead atoms. The molecule has 33 heavy (non-hydrogen) atoms. The van der Waals surface area contributed by atoms with Crippen LogP contribution in [0.3, 0.4) is 0 Å². The van der Waals surface area contributed by atoms with E-state index in [2.05, 4.69) is 53.5 Å². The lowest BCUT2D eigenvalue weighted by atomic mass is 9.74. The first kappa shape index (κ1) is 22.8. The van der Waals surface area contributed by atoms with E-state index in [9.17, 15) is 9.59 Å². The molecule has 172 valence electrons. The van der Waals surface area contributed by atoms with E-state index < -0.39 is 5.41 Å². The van der Waals surface area contributed by atoms with Crippen LogP contribution < -0.4 is 5.73 Å². The summed E-state index contributed by atoms with van der Waals surface area (Å²) in [5, 5.41) is 7.14. The summed E-state index contributed by atoms with van der Waals surface area (Å²) in [6.07, 6.45) is 2.25. The normalized spacial score (nSPS) is 18.3. The Labute approximate surface area is 195 Å². The summed E-state index contributed by atoms with van der Waals surface area (Å²) in [7, 11) is 0. The molecule has 2 heterocycles. The van der Waals surface area contributed by atoms with Crippen molar-refractivity contribution in [2.45, 2.75) is 46.5 Å². The lowest BCUT2D eigenvalue weighted by Gasteiger charge is -2.41. The molecule has 6 heteroatoms. The van der Waals surface area contributed by atoms with Gasteiger partial charge < -0.3 is 10.6 Å². The number of hydrogen-bond acceptors (Lipinski definition) is 3. The highest BCUT2D eigenvalue weighted by molar-refractivity contribution is 5.84. The van der Waals surface area contributed by atoms with E-state index >= 15 is 0 Å². The van der Waals surface area contributed by atoms with Crippen LogP contribution in [0.25, 0.3) is 11.1 Å². The number of carbonyl (C=O) groups excluding carboxylic acids is 2. The van der Waals surface area contributed by atoms with Crippen LogP contribution in [0, 0.1) is 26.2 Å². The Bertz CT molecular complexity index is 1160. The van der Waals surface area contributed by atoms with Crippen molar-refractivity contribution >= 4 is 11.8 Å². The Morgan fingerprint density at radius 2 is 1.82 bits per heavy atom. The number of aromatic nitrogens is 2. The van der Waals surface area contributed by atoms with Crippen molar-refractivity contribution < 1.29 is 9.59 Å². The number of rotatable bonds is 6. The summed E-state index contributed by atoms with van der Waals surface area (Å²) in [6, 6.07) is 16.7. The minimum Gasteiger partial charge on any atom is -0.369 e. The Hall–Kier alpha value is -3.41. The van der Waals surface area contributed by atoms with Gasteiger partial charge in [-0.15, -0.1) is 0 Å². The molecule has 0 saturated carbocycles. The number of amides is 2. The van der Waals surface area contributed by atoms with Crippen LogP contribution in [0.1, 0.15) is 40.9 Å². The van der Waals surface area contributed by atoms with Gasteiger partial charge in [-0.2, -0.15) is 5.10 Å². The second kappa shape index (κ2) is 9.22. The van der Waals surface area contributed by atoms with Gasteiger partial charge in [0.05, 0.1) is 17.5 Å². The van der Waals surface area contributed by atoms with Gasteiger partial charge in [0.25, 0.3) is 0 Å². The van der Waals surface area contributed by atoms with Crippen molar-refractivity contribution in [1.82, 2.24) is 15.1 Å². The average molecular weight is 445 g/mol. The molecule has 1 aliphatic heterocycles. The maximum atomic E-state index is 13.1. The van der Waals surface area contributed by atoms with Gasteiger partial charge in [-0.3, -0.25) is 14.7 Å². The van der Waals surface area contributed by atoms with Crippen LogP contribution in [0.15, 0.2) is 48.5 Å². The zero-order chi connectivity index (χ0) is 23.6. The summed E-state index contributed by atoms with van der Waals surface area (Å²) < 4.78 is 0. The molecule has 1 atom stereocenters. The maximum absolute atomic E-state index is 13.1. The summed E-state index contributed by atoms with van der Waals surface area (Å²) in [6.45, 7) is 6.90. The van der Waals surface area contributed by atoms with Crippen LogP contribution in [-0.4, -0.2) is 40.0 Å². The van der Waals surface area contributed by atoms with Crippen LogP contribution >= 0.6 is 0 Å². The average Bonchev–Trinajstić information content (AvgIpc) is 3.11. The Morgan fingerprint density at radius 3 is 2.48 bits per heavy atom. The summed E-state index contributed by atoms with van der Waals surface area (Å²) in [4.78, 5) is 27.7. The fraction of sp³-hybridized carbons (Fsp3) is 0.370. The highest BCUT2D eigenvalue weighted by Crippen LogP contribution is 2.35. The first-order valence-electron chi connectivity index (χ1n) is 11.5. The number of primary amides is 1. The van der Waals surface area contributed by atoms with Gasteiger partial charge in [-0.25, -0.2) is 0 Å². The monoisotopic (exact) mass is 444 g/mol. The quantitative estimate of drug-likeness (QED) is 0.604. The van der Waals surface area contributed by atoms with E-state index in [4.69, 9.17) is 5.73 Å². The third kappa shape index (κ3) is 4.85. The molecule has 2 aromatic carbocycles. The Kier molecular flexibility index (Phi) is 6.36. The number of likely N-dealkylation sites (tertiary alicyclic amines) is 1. The SMILES string of the molecule is Cc1cccc(-c2cccc(C[C@@]3(C(N)=O)CCCN(C(=O)Cc4c(C)n[nH]c4C)C3)c2)c1.